The van der Waals surface area contributed by atoms with Gasteiger partial charge in [0.1, 0.15) is 0 Å². The SMILES string of the molecule is O=[C]C(CCCCOC1CC[CH]CC1)c1ccccc1. The second-order valence-corrected chi connectivity index (χ2v) is 5.51. The van der Waals surface area contributed by atoms with Gasteiger partial charge >= 0.3 is 0 Å². The summed E-state index contributed by atoms with van der Waals surface area (Å²) in [4.78, 5) is 11.1. The van der Waals surface area contributed by atoms with Gasteiger partial charge in [0.05, 0.1) is 12.0 Å². The molecule has 1 aliphatic rings. The highest BCUT2D eigenvalue weighted by Gasteiger charge is 2.14. The van der Waals surface area contributed by atoms with Crippen LogP contribution in [0, 0.1) is 6.42 Å². The quantitative estimate of drug-likeness (QED) is 0.662. The maximum Gasteiger partial charge on any atom is 0.206 e. The summed E-state index contributed by atoms with van der Waals surface area (Å²) in [7, 11) is 0. The van der Waals surface area contributed by atoms with Crippen molar-refractivity contribution in [2.75, 3.05) is 6.61 Å². The fourth-order valence-corrected chi connectivity index (χ4v) is 2.74. The van der Waals surface area contributed by atoms with Gasteiger partial charge in [-0.1, -0.05) is 36.8 Å². The van der Waals surface area contributed by atoms with Crippen molar-refractivity contribution in [3.05, 3.63) is 42.3 Å². The van der Waals surface area contributed by atoms with Crippen LogP contribution in [0.3, 0.4) is 0 Å². The van der Waals surface area contributed by atoms with Crippen molar-refractivity contribution < 1.29 is 9.53 Å². The summed E-state index contributed by atoms with van der Waals surface area (Å²) in [6, 6.07) is 9.93. The van der Waals surface area contributed by atoms with Gasteiger partial charge in [-0.3, -0.25) is 4.79 Å². The van der Waals surface area contributed by atoms with Gasteiger partial charge in [0.2, 0.25) is 6.29 Å². The molecule has 108 valence electrons. The fraction of sp³-hybridized carbons (Fsp3) is 0.556. The number of hydrogen-bond acceptors (Lipinski definition) is 2. The monoisotopic (exact) mass is 272 g/mol. The lowest BCUT2D eigenvalue weighted by molar-refractivity contribution is 0.0326. The molecule has 0 bridgehead atoms. The second-order valence-electron chi connectivity index (χ2n) is 5.51. The maximum atomic E-state index is 11.1. The Bertz CT molecular complexity index is 368. The van der Waals surface area contributed by atoms with Gasteiger partial charge in [-0.25, -0.2) is 0 Å². The summed E-state index contributed by atoms with van der Waals surface area (Å²) in [6.45, 7) is 0.824. The standard InChI is InChI=1S/C18H24O2/c19-15-17(16-9-3-1-4-10-16)11-7-8-14-20-18-12-5-2-6-13-18/h1-4,9-10,17-18H,5-8,11-14H2. The molecule has 1 unspecified atom stereocenters. The third kappa shape index (κ3) is 5.09. The van der Waals surface area contributed by atoms with Gasteiger partial charge in [-0.05, 0) is 50.5 Å². The van der Waals surface area contributed by atoms with Crippen LogP contribution in [0.1, 0.15) is 56.4 Å². The molecular weight excluding hydrogens is 248 g/mol. The minimum Gasteiger partial charge on any atom is -0.378 e. The van der Waals surface area contributed by atoms with E-state index in [4.69, 9.17) is 4.74 Å². The minimum atomic E-state index is -0.0829. The lowest BCUT2D eigenvalue weighted by atomic mass is 9.95. The highest BCUT2D eigenvalue weighted by Crippen LogP contribution is 2.21. The van der Waals surface area contributed by atoms with E-state index in [0.717, 1.165) is 31.4 Å². The highest BCUT2D eigenvalue weighted by atomic mass is 16.5. The molecule has 1 atom stereocenters. The molecule has 2 rings (SSSR count). The molecule has 1 aromatic carbocycles. The Kier molecular flexibility index (Phi) is 6.79. The molecular formula is C18H24O2. The Morgan fingerprint density at radius 1 is 1.15 bits per heavy atom. The van der Waals surface area contributed by atoms with Crippen molar-refractivity contribution in [2.24, 2.45) is 0 Å². The van der Waals surface area contributed by atoms with Crippen molar-refractivity contribution in [2.45, 2.75) is 57.0 Å². The van der Waals surface area contributed by atoms with Crippen LogP contribution in [0.15, 0.2) is 30.3 Å². The van der Waals surface area contributed by atoms with Gasteiger partial charge in [0.15, 0.2) is 0 Å². The molecule has 1 fully saturated rings. The zero-order chi connectivity index (χ0) is 14.0. The number of carbonyl (C=O) groups excluding carboxylic acids is 1. The molecule has 0 spiro atoms. The van der Waals surface area contributed by atoms with Crippen LogP contribution in [0.5, 0.6) is 0 Å². The van der Waals surface area contributed by atoms with Crippen molar-refractivity contribution >= 4 is 6.29 Å². The van der Waals surface area contributed by atoms with Crippen LogP contribution in [-0.4, -0.2) is 19.0 Å². The van der Waals surface area contributed by atoms with E-state index in [1.54, 1.807) is 0 Å². The molecule has 0 saturated heterocycles. The summed E-state index contributed by atoms with van der Waals surface area (Å²) < 4.78 is 5.89. The lowest BCUT2D eigenvalue weighted by Gasteiger charge is -2.21. The maximum absolute atomic E-state index is 11.1. The fourth-order valence-electron chi connectivity index (χ4n) is 2.74. The molecule has 1 aromatic rings. The smallest absolute Gasteiger partial charge is 0.206 e. The van der Waals surface area contributed by atoms with E-state index in [-0.39, 0.29) is 5.92 Å². The van der Waals surface area contributed by atoms with Gasteiger partial charge in [-0.2, -0.15) is 0 Å². The first-order valence-corrected chi connectivity index (χ1v) is 7.76. The molecule has 0 N–H and O–H groups in total. The van der Waals surface area contributed by atoms with Crippen LogP contribution in [-0.2, 0) is 9.53 Å². The van der Waals surface area contributed by atoms with E-state index < -0.39 is 0 Å². The molecule has 20 heavy (non-hydrogen) atoms. The molecule has 0 aromatic heterocycles. The van der Waals surface area contributed by atoms with E-state index >= 15 is 0 Å². The number of benzene rings is 1. The van der Waals surface area contributed by atoms with Crippen LogP contribution in [0.4, 0.5) is 0 Å². The number of rotatable bonds is 8. The second kappa shape index (κ2) is 8.91. The topological polar surface area (TPSA) is 26.3 Å². The van der Waals surface area contributed by atoms with Crippen LogP contribution in [0.2, 0.25) is 0 Å². The highest BCUT2D eigenvalue weighted by molar-refractivity contribution is 5.62. The van der Waals surface area contributed by atoms with Gasteiger partial charge in [-0.15, -0.1) is 0 Å². The van der Waals surface area contributed by atoms with Crippen molar-refractivity contribution in [1.82, 2.24) is 0 Å². The van der Waals surface area contributed by atoms with Gasteiger partial charge in [0.25, 0.3) is 0 Å². The Labute approximate surface area is 122 Å². The zero-order valence-electron chi connectivity index (χ0n) is 12.1. The summed E-state index contributed by atoms with van der Waals surface area (Å²) >= 11 is 0. The number of ether oxygens (including phenoxy) is 1. The lowest BCUT2D eigenvalue weighted by Crippen LogP contribution is -2.17. The third-order valence-corrected chi connectivity index (χ3v) is 3.97. The average molecular weight is 272 g/mol. The van der Waals surface area contributed by atoms with Gasteiger partial charge < -0.3 is 4.74 Å². The molecule has 0 aliphatic heterocycles. The summed E-state index contributed by atoms with van der Waals surface area (Å²) in [6.07, 6.45) is 12.6. The van der Waals surface area contributed by atoms with E-state index in [1.807, 2.05) is 30.3 Å². The molecule has 2 radical (unpaired) electrons. The Balaban J connectivity index is 1.61. The molecule has 1 saturated carbocycles. The van der Waals surface area contributed by atoms with E-state index in [1.165, 1.54) is 25.7 Å². The molecule has 1 aliphatic carbocycles. The van der Waals surface area contributed by atoms with E-state index in [0.29, 0.717) is 6.10 Å². The van der Waals surface area contributed by atoms with Crippen LogP contribution in [0.25, 0.3) is 0 Å². The first kappa shape index (κ1) is 15.2. The predicted octanol–water partition coefficient (Wildman–Crippen LogP) is 4.21. The predicted molar refractivity (Wildman–Crippen MR) is 81.2 cm³/mol. The van der Waals surface area contributed by atoms with Crippen molar-refractivity contribution in [3.8, 4) is 0 Å². The Morgan fingerprint density at radius 3 is 2.60 bits per heavy atom. The van der Waals surface area contributed by atoms with E-state index in [2.05, 4.69) is 12.7 Å². The Morgan fingerprint density at radius 2 is 1.90 bits per heavy atom. The normalized spacial score (nSPS) is 17.8. The number of unbranched alkanes of at least 4 members (excludes halogenated alkanes) is 1. The molecule has 0 amide bonds. The van der Waals surface area contributed by atoms with Crippen LogP contribution < -0.4 is 0 Å². The molecule has 2 nitrogen and oxygen atoms in total. The first-order valence-electron chi connectivity index (χ1n) is 7.76. The third-order valence-electron chi connectivity index (χ3n) is 3.97. The molecule has 2 heteroatoms. The summed E-state index contributed by atoms with van der Waals surface area (Å²) in [5.41, 5.74) is 1.08. The van der Waals surface area contributed by atoms with Crippen molar-refractivity contribution in [3.63, 3.8) is 0 Å². The van der Waals surface area contributed by atoms with E-state index in [9.17, 15) is 4.79 Å². The van der Waals surface area contributed by atoms with Gasteiger partial charge in [0, 0.05) is 6.61 Å². The zero-order valence-corrected chi connectivity index (χ0v) is 12.1. The van der Waals surface area contributed by atoms with Crippen LogP contribution >= 0.6 is 0 Å². The summed E-state index contributed by atoms with van der Waals surface area (Å²) in [5, 5.41) is 0. The minimum absolute atomic E-state index is 0.0829. The summed E-state index contributed by atoms with van der Waals surface area (Å²) in [5.74, 6) is -0.0829. The average Bonchev–Trinajstić information content (AvgIpc) is 2.53. The first-order chi connectivity index (χ1) is 9.90. The number of hydrogen-bond donors (Lipinski definition) is 0. The van der Waals surface area contributed by atoms with Crippen molar-refractivity contribution in [1.29, 1.82) is 0 Å². The largest absolute Gasteiger partial charge is 0.378 e. The Hall–Kier alpha value is -1.15. The molecule has 0 heterocycles.